The second-order valence-corrected chi connectivity index (χ2v) is 18.5. The summed E-state index contributed by atoms with van der Waals surface area (Å²) in [6.45, 7) is 4.15. The van der Waals surface area contributed by atoms with Crippen molar-refractivity contribution < 1.29 is 42.1 Å². The fourth-order valence-electron chi connectivity index (χ4n) is 6.22. The highest BCUT2D eigenvalue weighted by atomic mass is 31.2. The molecule has 0 fully saturated rings. The van der Waals surface area contributed by atoms with Crippen LogP contribution in [0.2, 0.25) is 0 Å². The summed E-state index contributed by atoms with van der Waals surface area (Å²) in [5.74, 6) is -0.874. The standard InChI is InChI=1S/C50H90NO8P/c1-6-8-10-12-14-16-18-20-22-24-25-27-29-31-33-35-37-39-41-43-50(53)59-48(47-58-60(54,55)57-45-44-51(3,4)5)46-56-49(52)42-40-38-36-34-32-30-28-26-23-21-19-17-15-13-11-9-7-2/h14,16-17,19-20,22,25,27,31,33,48H,6-13,15,18,21,23-24,26,28-30,32,34-47H2,1-5H3/b16-14+,19-17+,22-20+,27-25+,33-31+/t48-/m1/s1. The third-order valence-electron chi connectivity index (χ3n) is 10.0. The summed E-state index contributed by atoms with van der Waals surface area (Å²) in [6, 6.07) is 0. The lowest BCUT2D eigenvalue weighted by Crippen LogP contribution is -2.37. The summed E-state index contributed by atoms with van der Waals surface area (Å²) in [5.41, 5.74) is 0. The Morgan fingerprint density at radius 3 is 1.40 bits per heavy atom. The van der Waals surface area contributed by atoms with E-state index in [1.807, 2.05) is 21.1 Å². The molecule has 0 rings (SSSR count). The number of unbranched alkanes of at least 4 members (excludes halogenated alkanes) is 19. The van der Waals surface area contributed by atoms with Gasteiger partial charge in [0.15, 0.2) is 6.10 Å². The van der Waals surface area contributed by atoms with Gasteiger partial charge in [0, 0.05) is 12.8 Å². The van der Waals surface area contributed by atoms with Crippen LogP contribution in [0.3, 0.4) is 0 Å². The van der Waals surface area contributed by atoms with Crippen LogP contribution < -0.4 is 4.89 Å². The summed E-state index contributed by atoms with van der Waals surface area (Å²) < 4.78 is 33.9. The van der Waals surface area contributed by atoms with Gasteiger partial charge in [-0.2, -0.15) is 0 Å². The van der Waals surface area contributed by atoms with Crippen LogP contribution in [0.4, 0.5) is 0 Å². The first-order chi connectivity index (χ1) is 29.0. The van der Waals surface area contributed by atoms with Gasteiger partial charge in [-0.15, -0.1) is 0 Å². The molecule has 1 unspecified atom stereocenters. The molecule has 0 N–H and O–H groups in total. The summed E-state index contributed by atoms with van der Waals surface area (Å²) >= 11 is 0. The molecule has 0 aliphatic carbocycles. The van der Waals surface area contributed by atoms with Crippen LogP contribution in [0.5, 0.6) is 0 Å². The van der Waals surface area contributed by atoms with E-state index in [-0.39, 0.29) is 26.1 Å². The van der Waals surface area contributed by atoms with Gasteiger partial charge >= 0.3 is 11.9 Å². The zero-order valence-corrected chi connectivity index (χ0v) is 40.0. The van der Waals surface area contributed by atoms with Crippen molar-refractivity contribution in [2.24, 2.45) is 0 Å². The van der Waals surface area contributed by atoms with Crippen molar-refractivity contribution in [1.29, 1.82) is 0 Å². The molecule has 0 aliphatic rings. The number of esters is 2. The highest BCUT2D eigenvalue weighted by Gasteiger charge is 2.21. The van der Waals surface area contributed by atoms with E-state index in [1.165, 1.54) is 103 Å². The fraction of sp³-hybridized carbons (Fsp3) is 0.760. The Morgan fingerprint density at radius 2 is 0.900 bits per heavy atom. The Balaban J connectivity index is 4.38. The van der Waals surface area contributed by atoms with Crippen molar-refractivity contribution in [3.05, 3.63) is 60.8 Å². The third-order valence-corrected chi connectivity index (χ3v) is 11.0. The maximum Gasteiger partial charge on any atom is 0.306 e. The highest BCUT2D eigenvalue weighted by Crippen LogP contribution is 2.38. The van der Waals surface area contributed by atoms with Crippen molar-refractivity contribution in [2.45, 2.75) is 200 Å². The van der Waals surface area contributed by atoms with Crippen LogP contribution in [0.15, 0.2) is 60.8 Å². The van der Waals surface area contributed by atoms with Gasteiger partial charge in [-0.3, -0.25) is 14.2 Å². The number of carbonyl (C=O) groups excluding carboxylic acids is 2. The molecular formula is C50H90NO8P. The van der Waals surface area contributed by atoms with Crippen LogP contribution in [-0.2, 0) is 32.7 Å². The number of hydrogen-bond donors (Lipinski definition) is 0. The molecule has 0 aliphatic heterocycles. The molecule has 9 nitrogen and oxygen atoms in total. The number of nitrogens with zero attached hydrogens (tertiary/aromatic N) is 1. The topological polar surface area (TPSA) is 111 Å². The number of phosphoric acid groups is 1. The van der Waals surface area contributed by atoms with Gasteiger partial charge in [0.1, 0.15) is 19.8 Å². The van der Waals surface area contributed by atoms with E-state index >= 15 is 0 Å². The predicted molar refractivity (Wildman–Crippen MR) is 250 cm³/mol. The number of phosphoric ester groups is 1. The third kappa shape index (κ3) is 45.2. The average Bonchev–Trinajstić information content (AvgIpc) is 3.20. The summed E-state index contributed by atoms with van der Waals surface area (Å²) in [7, 11) is 1.14. The Kier molecular flexibility index (Phi) is 40.4. The second kappa shape index (κ2) is 42.0. The number of rotatable bonds is 43. The molecule has 0 aromatic heterocycles. The molecule has 2 atom stereocenters. The molecule has 348 valence electrons. The number of likely N-dealkylation sites (N-methyl/N-ethyl adjacent to an activating group) is 1. The number of carbonyl (C=O) groups is 2. The van der Waals surface area contributed by atoms with Crippen molar-refractivity contribution in [1.82, 2.24) is 0 Å². The predicted octanol–water partition coefficient (Wildman–Crippen LogP) is 13.4. The maximum atomic E-state index is 12.7. The molecule has 10 heteroatoms. The lowest BCUT2D eigenvalue weighted by atomic mass is 10.1. The smallest absolute Gasteiger partial charge is 0.306 e. The highest BCUT2D eigenvalue weighted by molar-refractivity contribution is 7.45. The van der Waals surface area contributed by atoms with Gasteiger partial charge in [0.25, 0.3) is 7.82 Å². The first kappa shape index (κ1) is 57.7. The van der Waals surface area contributed by atoms with Gasteiger partial charge in [-0.1, -0.05) is 158 Å². The van der Waals surface area contributed by atoms with Crippen LogP contribution in [0.25, 0.3) is 0 Å². The summed E-state index contributed by atoms with van der Waals surface area (Å²) in [5, 5.41) is 0. The summed E-state index contributed by atoms with van der Waals surface area (Å²) in [6.07, 6.45) is 51.0. The first-order valence-corrected chi connectivity index (χ1v) is 25.5. The summed E-state index contributed by atoms with van der Waals surface area (Å²) in [4.78, 5) is 37.6. The van der Waals surface area contributed by atoms with Crippen molar-refractivity contribution in [3.8, 4) is 0 Å². The van der Waals surface area contributed by atoms with E-state index in [4.69, 9.17) is 18.5 Å². The van der Waals surface area contributed by atoms with Crippen molar-refractivity contribution in [3.63, 3.8) is 0 Å². The normalized spacial score (nSPS) is 14.0. The number of ether oxygens (including phenoxy) is 2. The molecule has 0 amide bonds. The number of quaternary nitrogens is 1. The Bertz CT molecular complexity index is 1210. The van der Waals surface area contributed by atoms with Crippen molar-refractivity contribution >= 4 is 19.8 Å². The minimum atomic E-state index is -4.64. The van der Waals surface area contributed by atoms with Gasteiger partial charge in [-0.25, -0.2) is 0 Å². The Morgan fingerprint density at radius 1 is 0.517 bits per heavy atom. The number of hydrogen-bond acceptors (Lipinski definition) is 8. The van der Waals surface area contributed by atoms with E-state index in [0.717, 1.165) is 57.8 Å². The van der Waals surface area contributed by atoms with Gasteiger partial charge in [-0.05, 0) is 83.5 Å². The monoisotopic (exact) mass is 864 g/mol. The Labute approximate surface area is 368 Å². The minimum absolute atomic E-state index is 0.0397. The second-order valence-electron chi connectivity index (χ2n) is 17.1. The molecule has 0 aromatic rings. The molecule has 60 heavy (non-hydrogen) atoms. The van der Waals surface area contributed by atoms with E-state index in [9.17, 15) is 19.0 Å². The van der Waals surface area contributed by atoms with E-state index in [2.05, 4.69) is 74.6 Å². The van der Waals surface area contributed by atoms with Gasteiger partial charge in [0.2, 0.25) is 0 Å². The zero-order chi connectivity index (χ0) is 44.3. The SMILES string of the molecule is CCCCC/C=C/C/C=C/C/C=C/C/C=C/CCCCCC(=O)O[C@H](COC(=O)CCCCCCCCCCC/C=C/CCCCCC)COP(=O)([O-])OCC[N+](C)(C)C. The van der Waals surface area contributed by atoms with Crippen LogP contribution in [-0.4, -0.2) is 70.0 Å². The quantitative estimate of drug-likeness (QED) is 0.0196. The molecule has 0 radical (unpaired) electrons. The first-order valence-electron chi connectivity index (χ1n) is 24.0. The lowest BCUT2D eigenvalue weighted by molar-refractivity contribution is -0.870. The maximum absolute atomic E-state index is 12.7. The van der Waals surface area contributed by atoms with Crippen LogP contribution >= 0.6 is 7.82 Å². The minimum Gasteiger partial charge on any atom is -0.756 e. The van der Waals surface area contributed by atoms with Gasteiger partial charge < -0.3 is 27.9 Å². The zero-order valence-electron chi connectivity index (χ0n) is 39.1. The number of allylic oxidation sites excluding steroid dienone is 10. The van der Waals surface area contributed by atoms with E-state index in [1.54, 1.807) is 0 Å². The average molecular weight is 864 g/mol. The molecule has 0 saturated heterocycles. The van der Waals surface area contributed by atoms with E-state index in [0.29, 0.717) is 17.4 Å². The molecule has 0 heterocycles. The molecule has 0 saturated carbocycles. The molecule has 0 spiro atoms. The largest absolute Gasteiger partial charge is 0.756 e. The van der Waals surface area contributed by atoms with Crippen molar-refractivity contribution in [2.75, 3.05) is 47.5 Å². The van der Waals surface area contributed by atoms with Gasteiger partial charge in [0.05, 0.1) is 27.7 Å². The van der Waals surface area contributed by atoms with Crippen LogP contribution in [0, 0.1) is 0 Å². The Hall–Kier alpha value is -2.29. The molecule has 0 aromatic carbocycles. The molecular weight excluding hydrogens is 774 g/mol. The lowest BCUT2D eigenvalue weighted by Gasteiger charge is -2.28. The molecule has 0 bridgehead atoms. The fourth-order valence-corrected chi connectivity index (χ4v) is 6.95. The van der Waals surface area contributed by atoms with Crippen LogP contribution in [0.1, 0.15) is 194 Å². The van der Waals surface area contributed by atoms with E-state index < -0.39 is 32.5 Å².